The Kier molecular flexibility index (Phi) is 4.55. The first kappa shape index (κ1) is 19.6. The molecule has 0 unspecified atom stereocenters. The molecule has 0 spiro atoms. The van der Waals surface area contributed by atoms with Crippen molar-refractivity contribution in [1.29, 1.82) is 0 Å². The monoisotopic (exact) mass is 427 g/mol. The number of nitrogens with one attached hydrogen (secondary N) is 1. The molecule has 0 aliphatic rings. The van der Waals surface area contributed by atoms with Gasteiger partial charge in [0.1, 0.15) is 11.4 Å². The van der Waals surface area contributed by atoms with Crippen LogP contribution in [0.5, 0.6) is 5.75 Å². The van der Waals surface area contributed by atoms with Crippen molar-refractivity contribution in [2.24, 2.45) is 7.05 Å². The Hall–Kier alpha value is -4.33. The lowest BCUT2D eigenvalue weighted by Gasteiger charge is -2.20. The van der Waals surface area contributed by atoms with E-state index < -0.39 is 5.97 Å². The fourth-order valence-corrected chi connectivity index (χ4v) is 3.94. The minimum atomic E-state index is -0.997. The molecule has 8 heteroatoms. The fraction of sp³-hybridized carbons (Fsp3) is 0.125. The van der Waals surface area contributed by atoms with Crippen LogP contribution in [0.4, 0.5) is 11.4 Å². The number of aryl methyl sites for hydroxylation is 1. The van der Waals surface area contributed by atoms with Crippen molar-refractivity contribution in [2.75, 3.05) is 19.1 Å². The highest BCUT2D eigenvalue weighted by Crippen LogP contribution is 2.33. The first-order valence-electron chi connectivity index (χ1n) is 10.0. The number of rotatable bonds is 5. The molecule has 5 rings (SSSR count). The first-order valence-corrected chi connectivity index (χ1v) is 10.0. The van der Waals surface area contributed by atoms with E-state index in [4.69, 9.17) is 9.84 Å². The highest BCUT2D eigenvalue weighted by atomic mass is 16.5. The number of aromatic carboxylic acids is 1. The van der Waals surface area contributed by atoms with Gasteiger partial charge >= 0.3 is 5.97 Å². The number of carbonyl (C=O) groups is 1. The quantitative estimate of drug-likeness (QED) is 0.426. The number of methoxy groups -OCH3 is 1. The molecule has 0 saturated heterocycles. The number of benzene rings is 2. The maximum Gasteiger partial charge on any atom is 0.337 e. The van der Waals surface area contributed by atoms with Gasteiger partial charge in [0.2, 0.25) is 0 Å². The second-order valence-electron chi connectivity index (χ2n) is 7.54. The molecule has 3 heterocycles. The summed E-state index contributed by atoms with van der Waals surface area (Å²) in [4.78, 5) is 21.1. The third-order valence-corrected chi connectivity index (χ3v) is 5.69. The number of anilines is 2. The molecule has 0 aliphatic carbocycles. The van der Waals surface area contributed by atoms with E-state index in [1.807, 2.05) is 61.2 Å². The Morgan fingerprint density at radius 1 is 1.09 bits per heavy atom. The third-order valence-electron chi connectivity index (χ3n) is 5.69. The average molecular weight is 427 g/mol. The van der Waals surface area contributed by atoms with E-state index in [1.165, 1.54) is 12.3 Å². The summed E-state index contributed by atoms with van der Waals surface area (Å²) in [6.45, 7) is 0. The fourth-order valence-electron chi connectivity index (χ4n) is 3.94. The summed E-state index contributed by atoms with van der Waals surface area (Å²) in [5.41, 5.74) is 5.75. The van der Waals surface area contributed by atoms with Crippen LogP contribution >= 0.6 is 0 Å². The van der Waals surface area contributed by atoms with Crippen LogP contribution in [0.1, 0.15) is 10.4 Å². The minimum Gasteiger partial charge on any atom is -0.497 e. The van der Waals surface area contributed by atoms with Gasteiger partial charge in [-0.2, -0.15) is 5.10 Å². The standard InChI is InChI=1S/C24H21N5O3/c1-28(14-4-7-16(32-3)8-5-14)15-6-9-17-21(12-15)29(2)27-23(17)20-13-19-22(26-20)18(24(30)31)10-11-25-19/h4-13,26H,1-3H3,(H,30,31). The lowest BCUT2D eigenvalue weighted by molar-refractivity contribution is 0.0698. The summed E-state index contributed by atoms with van der Waals surface area (Å²) in [5.74, 6) is -0.185. The second-order valence-corrected chi connectivity index (χ2v) is 7.54. The number of carboxylic acids is 1. The van der Waals surface area contributed by atoms with Crippen LogP contribution in [-0.2, 0) is 7.05 Å². The molecule has 5 aromatic rings. The van der Waals surface area contributed by atoms with Gasteiger partial charge in [0.05, 0.1) is 34.9 Å². The molecule has 2 aromatic carbocycles. The van der Waals surface area contributed by atoms with Gasteiger partial charge in [-0.05, 0) is 54.6 Å². The molecule has 160 valence electrons. The Morgan fingerprint density at radius 3 is 2.56 bits per heavy atom. The number of carboxylic acid groups (broad SMARTS) is 1. The number of aromatic amines is 1. The van der Waals surface area contributed by atoms with E-state index in [1.54, 1.807) is 7.11 Å². The predicted molar refractivity (Wildman–Crippen MR) is 124 cm³/mol. The highest BCUT2D eigenvalue weighted by Gasteiger charge is 2.17. The molecule has 2 N–H and O–H groups in total. The molecule has 0 bridgehead atoms. The van der Waals surface area contributed by atoms with Gasteiger partial charge in [-0.1, -0.05) is 0 Å². The van der Waals surface area contributed by atoms with E-state index in [0.29, 0.717) is 11.0 Å². The van der Waals surface area contributed by atoms with Crippen molar-refractivity contribution in [1.82, 2.24) is 19.7 Å². The molecule has 3 aromatic heterocycles. The number of ether oxygens (including phenoxy) is 1. The first-order chi connectivity index (χ1) is 15.5. The van der Waals surface area contributed by atoms with Crippen LogP contribution in [0, 0.1) is 0 Å². The van der Waals surface area contributed by atoms with E-state index in [2.05, 4.69) is 20.9 Å². The molecular formula is C24H21N5O3. The molecule has 0 atom stereocenters. The molecule has 32 heavy (non-hydrogen) atoms. The number of fused-ring (bicyclic) bond motifs is 2. The highest BCUT2D eigenvalue weighted by molar-refractivity contribution is 6.03. The summed E-state index contributed by atoms with van der Waals surface area (Å²) in [6.07, 6.45) is 1.50. The topological polar surface area (TPSA) is 96.3 Å². The SMILES string of the molecule is COc1ccc(N(C)c2ccc3c(-c4cc5nccc(C(=O)O)c5[nH]4)nn(C)c3c2)cc1. The van der Waals surface area contributed by atoms with Gasteiger partial charge in [-0.3, -0.25) is 9.67 Å². The van der Waals surface area contributed by atoms with Crippen LogP contribution in [0.3, 0.4) is 0 Å². The Bertz CT molecular complexity index is 1470. The van der Waals surface area contributed by atoms with Crippen molar-refractivity contribution in [3.8, 4) is 17.1 Å². The largest absolute Gasteiger partial charge is 0.497 e. The summed E-state index contributed by atoms with van der Waals surface area (Å²) >= 11 is 0. The van der Waals surface area contributed by atoms with Gasteiger partial charge in [0.15, 0.2) is 0 Å². The van der Waals surface area contributed by atoms with Crippen LogP contribution in [-0.4, -0.2) is 45.0 Å². The second kappa shape index (κ2) is 7.42. The predicted octanol–water partition coefficient (Wildman–Crippen LogP) is 4.59. The van der Waals surface area contributed by atoms with Gasteiger partial charge in [-0.15, -0.1) is 0 Å². The normalized spacial score (nSPS) is 11.2. The summed E-state index contributed by atoms with van der Waals surface area (Å²) in [7, 11) is 5.56. The zero-order valence-electron chi connectivity index (χ0n) is 17.8. The number of hydrogen-bond acceptors (Lipinski definition) is 5. The van der Waals surface area contributed by atoms with Gasteiger partial charge in [-0.25, -0.2) is 4.79 Å². The van der Waals surface area contributed by atoms with Gasteiger partial charge in [0.25, 0.3) is 0 Å². The van der Waals surface area contributed by atoms with Crippen LogP contribution < -0.4 is 9.64 Å². The van der Waals surface area contributed by atoms with E-state index >= 15 is 0 Å². The third kappa shape index (κ3) is 3.13. The molecule has 0 saturated carbocycles. The maximum atomic E-state index is 11.6. The molecular weight excluding hydrogens is 406 g/mol. The lowest BCUT2D eigenvalue weighted by atomic mass is 10.1. The lowest BCUT2D eigenvalue weighted by Crippen LogP contribution is -2.09. The average Bonchev–Trinajstić information content (AvgIpc) is 3.39. The van der Waals surface area contributed by atoms with E-state index in [0.717, 1.165) is 39.4 Å². The number of hydrogen-bond donors (Lipinski definition) is 2. The Balaban J connectivity index is 1.57. The van der Waals surface area contributed by atoms with Crippen molar-refractivity contribution < 1.29 is 14.6 Å². The van der Waals surface area contributed by atoms with Crippen LogP contribution in [0.25, 0.3) is 33.3 Å². The zero-order valence-corrected chi connectivity index (χ0v) is 17.8. The van der Waals surface area contributed by atoms with Crippen LogP contribution in [0.15, 0.2) is 60.8 Å². The van der Waals surface area contributed by atoms with Crippen molar-refractivity contribution >= 4 is 39.3 Å². The zero-order chi connectivity index (χ0) is 22.4. The number of pyridine rings is 1. The molecule has 0 fully saturated rings. The summed E-state index contributed by atoms with van der Waals surface area (Å²) < 4.78 is 7.07. The van der Waals surface area contributed by atoms with Gasteiger partial charge < -0.3 is 19.7 Å². The Morgan fingerprint density at radius 2 is 1.84 bits per heavy atom. The minimum absolute atomic E-state index is 0.185. The molecule has 8 nitrogen and oxygen atoms in total. The summed E-state index contributed by atoms with van der Waals surface area (Å²) in [5, 5.41) is 15.1. The number of nitrogens with zero attached hydrogens (tertiary/aromatic N) is 4. The molecule has 0 amide bonds. The molecule has 0 aliphatic heterocycles. The van der Waals surface area contributed by atoms with Gasteiger partial charge in [0, 0.05) is 37.1 Å². The molecule has 0 radical (unpaired) electrons. The van der Waals surface area contributed by atoms with Crippen LogP contribution in [0.2, 0.25) is 0 Å². The summed E-state index contributed by atoms with van der Waals surface area (Å²) in [6, 6.07) is 17.4. The number of H-pyrrole nitrogens is 1. The van der Waals surface area contributed by atoms with Crippen molar-refractivity contribution in [3.05, 3.63) is 66.4 Å². The maximum absolute atomic E-state index is 11.6. The van der Waals surface area contributed by atoms with Crippen molar-refractivity contribution in [2.45, 2.75) is 0 Å². The van der Waals surface area contributed by atoms with Crippen molar-refractivity contribution in [3.63, 3.8) is 0 Å². The Labute approximate surface area is 183 Å². The van der Waals surface area contributed by atoms with E-state index in [-0.39, 0.29) is 5.56 Å². The smallest absolute Gasteiger partial charge is 0.337 e. The number of aromatic nitrogens is 4. The van der Waals surface area contributed by atoms with E-state index in [9.17, 15) is 9.90 Å².